The summed E-state index contributed by atoms with van der Waals surface area (Å²) < 4.78 is 0. The van der Waals surface area contributed by atoms with Gasteiger partial charge in [0.1, 0.15) is 0 Å². The van der Waals surface area contributed by atoms with E-state index < -0.39 is 0 Å². The van der Waals surface area contributed by atoms with Gasteiger partial charge in [-0.2, -0.15) is 0 Å². The molecule has 8 heteroatoms. The van der Waals surface area contributed by atoms with Crippen molar-refractivity contribution in [3.8, 4) is 10.4 Å². The van der Waals surface area contributed by atoms with Crippen LogP contribution in [0.3, 0.4) is 0 Å². The number of nitrogens with one attached hydrogen (secondary N) is 1. The number of carbonyl (C=O) groups excluding carboxylic acids is 1. The molecule has 1 unspecified atom stereocenters. The summed E-state index contributed by atoms with van der Waals surface area (Å²) in [5.74, 6) is 0. The van der Waals surface area contributed by atoms with E-state index >= 15 is 0 Å². The van der Waals surface area contributed by atoms with Gasteiger partial charge in [-0.25, -0.2) is 4.79 Å². The molecule has 1 atom stereocenters. The van der Waals surface area contributed by atoms with Crippen molar-refractivity contribution in [2.75, 3.05) is 27.2 Å². The highest BCUT2D eigenvalue weighted by molar-refractivity contribution is 7.15. The van der Waals surface area contributed by atoms with Gasteiger partial charge in [0.25, 0.3) is 0 Å². The zero-order valence-electron chi connectivity index (χ0n) is 17.0. The maximum Gasteiger partial charge on any atom is 0.317 e. The third kappa shape index (κ3) is 5.06. The van der Waals surface area contributed by atoms with Crippen molar-refractivity contribution in [3.05, 3.63) is 44.8 Å². The molecule has 0 bridgehead atoms. The molecule has 3 N–H and O–H groups in total. The van der Waals surface area contributed by atoms with Crippen LogP contribution in [-0.4, -0.2) is 49.1 Å². The molecule has 1 aromatic heterocycles. The monoisotopic (exact) mass is 454 g/mol. The Balaban J connectivity index is 1.71. The number of thiophene rings is 1. The van der Waals surface area contributed by atoms with Crippen molar-refractivity contribution in [1.29, 1.82) is 0 Å². The first-order valence-electron chi connectivity index (χ1n) is 9.80. The van der Waals surface area contributed by atoms with Crippen LogP contribution in [0.4, 0.5) is 4.79 Å². The highest BCUT2D eigenvalue weighted by Gasteiger charge is 2.25. The molecule has 0 aliphatic carbocycles. The normalized spacial score (nSPS) is 16.6. The van der Waals surface area contributed by atoms with Crippen molar-refractivity contribution in [3.63, 3.8) is 0 Å². The average Bonchev–Trinajstić information content (AvgIpc) is 3.18. The number of halogens is 2. The van der Waals surface area contributed by atoms with Gasteiger partial charge in [0.15, 0.2) is 0 Å². The predicted molar refractivity (Wildman–Crippen MR) is 123 cm³/mol. The minimum absolute atomic E-state index is 0.0887. The number of rotatable bonds is 5. The topological polar surface area (TPSA) is 61.6 Å². The summed E-state index contributed by atoms with van der Waals surface area (Å²) >= 11 is 14.8. The molecule has 1 saturated heterocycles. The molecule has 158 valence electrons. The van der Waals surface area contributed by atoms with Crippen molar-refractivity contribution in [2.24, 2.45) is 5.73 Å². The summed E-state index contributed by atoms with van der Waals surface area (Å²) in [5, 5.41) is 4.03. The van der Waals surface area contributed by atoms with Crippen LogP contribution >= 0.6 is 34.5 Å². The van der Waals surface area contributed by atoms with Crippen LogP contribution in [0.15, 0.2) is 24.3 Å². The number of piperidine rings is 1. The Morgan fingerprint density at radius 2 is 1.97 bits per heavy atom. The van der Waals surface area contributed by atoms with E-state index in [1.807, 2.05) is 43.1 Å². The molecule has 1 aliphatic heterocycles. The summed E-state index contributed by atoms with van der Waals surface area (Å²) in [6, 6.07) is 7.82. The number of benzene rings is 1. The molecule has 1 fully saturated rings. The van der Waals surface area contributed by atoms with Gasteiger partial charge in [-0.05, 0) is 57.6 Å². The molecular formula is C21H28Cl2N4OS. The van der Waals surface area contributed by atoms with Crippen LogP contribution < -0.4 is 11.1 Å². The Hall–Kier alpha value is -1.31. The van der Waals surface area contributed by atoms with Gasteiger partial charge in [-0.1, -0.05) is 35.3 Å². The van der Waals surface area contributed by atoms with E-state index in [1.54, 1.807) is 11.3 Å². The number of hydrogen-bond donors (Lipinski definition) is 2. The van der Waals surface area contributed by atoms with E-state index in [4.69, 9.17) is 28.9 Å². The Kier molecular flexibility index (Phi) is 7.46. The number of nitrogens with two attached hydrogens (primary N) is 1. The van der Waals surface area contributed by atoms with Crippen LogP contribution in [0.25, 0.3) is 10.4 Å². The van der Waals surface area contributed by atoms with Crippen molar-refractivity contribution < 1.29 is 4.79 Å². The molecular weight excluding hydrogens is 427 g/mol. The second kappa shape index (κ2) is 9.67. The summed E-state index contributed by atoms with van der Waals surface area (Å²) in [6.45, 7) is 4.45. The molecule has 2 amide bonds. The number of urea groups is 1. The van der Waals surface area contributed by atoms with E-state index in [0.717, 1.165) is 46.8 Å². The lowest BCUT2D eigenvalue weighted by atomic mass is 10.0. The molecule has 2 heterocycles. The van der Waals surface area contributed by atoms with Crippen LogP contribution in [-0.2, 0) is 6.54 Å². The van der Waals surface area contributed by atoms with Gasteiger partial charge in [0.2, 0.25) is 0 Å². The zero-order chi connectivity index (χ0) is 21.1. The lowest BCUT2D eigenvalue weighted by Gasteiger charge is -2.35. The Bertz CT molecular complexity index is 864. The molecule has 0 spiro atoms. The zero-order valence-corrected chi connectivity index (χ0v) is 19.4. The standard InChI is InChI=1S/C21H28Cl2N4OS/c1-13(25-21(28)27(3)14-8-10-26(2)11-9-14)16-5-6-17(20(23)19(16)22)18-7-4-15(12-24)29-18/h4-7,13-14H,8-12,24H2,1-3H3,(H,25,28). The third-order valence-corrected chi connectivity index (χ3v) is 7.64. The maximum absolute atomic E-state index is 12.7. The van der Waals surface area contributed by atoms with Crippen molar-refractivity contribution in [1.82, 2.24) is 15.1 Å². The minimum atomic E-state index is -0.252. The molecule has 0 radical (unpaired) electrons. The molecule has 1 aromatic carbocycles. The highest BCUT2D eigenvalue weighted by Crippen LogP contribution is 2.40. The number of likely N-dealkylation sites (tertiary alicyclic amines) is 1. The van der Waals surface area contributed by atoms with Crippen molar-refractivity contribution in [2.45, 2.75) is 38.4 Å². The van der Waals surface area contributed by atoms with Crippen molar-refractivity contribution >= 4 is 40.6 Å². The quantitative estimate of drug-likeness (QED) is 0.669. The fourth-order valence-corrected chi connectivity index (χ4v) is 5.21. The van der Waals surface area contributed by atoms with Gasteiger partial charge < -0.3 is 20.9 Å². The first kappa shape index (κ1) is 22.4. The average molecular weight is 455 g/mol. The number of nitrogens with zero attached hydrogens (tertiary/aromatic N) is 2. The highest BCUT2D eigenvalue weighted by atomic mass is 35.5. The summed E-state index contributed by atoms with van der Waals surface area (Å²) in [5.41, 5.74) is 7.40. The molecule has 5 nitrogen and oxygen atoms in total. The van der Waals surface area contributed by atoms with E-state index in [0.29, 0.717) is 16.6 Å². The molecule has 2 aromatic rings. The van der Waals surface area contributed by atoms with E-state index in [9.17, 15) is 4.79 Å². The van der Waals surface area contributed by atoms with Crippen LogP contribution in [0.2, 0.25) is 10.0 Å². The number of hydrogen-bond acceptors (Lipinski definition) is 4. The first-order chi connectivity index (χ1) is 13.8. The largest absolute Gasteiger partial charge is 0.331 e. The van der Waals surface area contributed by atoms with E-state index in [-0.39, 0.29) is 18.1 Å². The van der Waals surface area contributed by atoms with Gasteiger partial charge >= 0.3 is 6.03 Å². The first-order valence-corrected chi connectivity index (χ1v) is 11.4. The van der Waals surface area contributed by atoms with Gasteiger partial charge in [-0.15, -0.1) is 11.3 Å². The second-order valence-corrected chi connectivity index (χ2v) is 9.54. The van der Waals surface area contributed by atoms with Gasteiger partial charge in [0, 0.05) is 35.0 Å². The summed E-state index contributed by atoms with van der Waals surface area (Å²) in [6.07, 6.45) is 1.98. The number of amides is 2. The van der Waals surface area contributed by atoms with E-state index in [2.05, 4.69) is 17.3 Å². The molecule has 29 heavy (non-hydrogen) atoms. The molecule has 3 rings (SSSR count). The maximum atomic E-state index is 12.7. The van der Waals surface area contributed by atoms with Gasteiger partial charge in [-0.3, -0.25) is 0 Å². The molecule has 1 aliphatic rings. The predicted octanol–water partition coefficient (Wildman–Crippen LogP) is 4.98. The van der Waals surface area contributed by atoms with E-state index in [1.165, 1.54) is 0 Å². The van der Waals surface area contributed by atoms with Crippen LogP contribution in [0.5, 0.6) is 0 Å². The SMILES string of the molecule is CC(NC(=O)N(C)C1CCN(C)CC1)c1ccc(-c2ccc(CN)s2)c(Cl)c1Cl. The lowest BCUT2D eigenvalue weighted by Crippen LogP contribution is -2.48. The fourth-order valence-electron chi connectivity index (χ4n) is 3.63. The fraction of sp³-hybridized carbons (Fsp3) is 0.476. The van der Waals surface area contributed by atoms with Crippen LogP contribution in [0.1, 0.15) is 36.2 Å². The Morgan fingerprint density at radius 3 is 2.59 bits per heavy atom. The minimum Gasteiger partial charge on any atom is -0.331 e. The second-order valence-electron chi connectivity index (χ2n) is 7.62. The Labute approximate surface area is 186 Å². The Morgan fingerprint density at radius 1 is 1.28 bits per heavy atom. The molecule has 0 saturated carbocycles. The third-order valence-electron chi connectivity index (χ3n) is 5.60. The summed E-state index contributed by atoms with van der Waals surface area (Å²) in [4.78, 5) is 19.0. The lowest BCUT2D eigenvalue weighted by molar-refractivity contribution is 0.146. The smallest absolute Gasteiger partial charge is 0.317 e. The summed E-state index contributed by atoms with van der Waals surface area (Å²) in [7, 11) is 3.97. The van der Waals surface area contributed by atoms with Gasteiger partial charge in [0.05, 0.1) is 16.1 Å². The number of carbonyl (C=O) groups is 1. The van der Waals surface area contributed by atoms with Crippen LogP contribution in [0, 0.1) is 0 Å².